The van der Waals surface area contributed by atoms with Gasteiger partial charge in [0.1, 0.15) is 52.9 Å². The van der Waals surface area contributed by atoms with E-state index in [2.05, 4.69) is 14.9 Å². The van der Waals surface area contributed by atoms with E-state index in [1.165, 1.54) is 12.1 Å². The lowest BCUT2D eigenvalue weighted by Crippen LogP contribution is -2.43. The predicted molar refractivity (Wildman–Crippen MR) is 174 cm³/mol. The molecule has 1 unspecified atom stereocenters. The molecule has 1 saturated carbocycles. The van der Waals surface area contributed by atoms with Crippen molar-refractivity contribution in [2.24, 2.45) is 0 Å². The Labute approximate surface area is 275 Å². The standard InChI is InChI=1S/C34H36ClF2N7O3/c1-17-14-44(18(2)22-5-3-9-39-30(22)38)31-26-29(41-33(42-31)46-16-34-8-4-10-43(34)15-20(36)13-34)27(37)28(40-32(26)47-17)23-11-21(45)12-24(35)25(23)19-6-7-19/h3,5,9,11-12,17-20,45H,4,6-8,10,13-16H2,1-2H3,(H2,38,39)/t17-,18?,20+,34-/m0/s1. The fraction of sp³-hybridized carbons (Fsp3) is 0.471. The van der Waals surface area contributed by atoms with Gasteiger partial charge in [0.15, 0.2) is 5.82 Å². The number of aromatic hydroxyl groups is 1. The predicted octanol–water partition coefficient (Wildman–Crippen LogP) is 6.35. The zero-order valence-corrected chi connectivity index (χ0v) is 27.0. The van der Waals surface area contributed by atoms with Gasteiger partial charge in [0.25, 0.3) is 0 Å². The Morgan fingerprint density at radius 3 is 2.85 bits per heavy atom. The van der Waals surface area contributed by atoms with Crippen LogP contribution in [0.15, 0.2) is 30.5 Å². The van der Waals surface area contributed by atoms with Gasteiger partial charge in [0, 0.05) is 35.3 Å². The van der Waals surface area contributed by atoms with Crippen LogP contribution < -0.4 is 20.1 Å². The Balaban J connectivity index is 1.32. The van der Waals surface area contributed by atoms with Crippen LogP contribution in [-0.2, 0) is 0 Å². The van der Waals surface area contributed by atoms with Crippen molar-refractivity contribution in [2.75, 3.05) is 36.9 Å². The molecule has 0 amide bonds. The summed E-state index contributed by atoms with van der Waals surface area (Å²) >= 11 is 6.62. The Hall–Kier alpha value is -4.03. The van der Waals surface area contributed by atoms with Gasteiger partial charge in [-0.25, -0.2) is 18.7 Å². The van der Waals surface area contributed by atoms with E-state index in [9.17, 15) is 9.50 Å². The van der Waals surface area contributed by atoms with Crippen molar-refractivity contribution >= 4 is 34.1 Å². The minimum atomic E-state index is -0.926. The molecule has 246 valence electrons. The lowest BCUT2D eigenvalue weighted by molar-refractivity contribution is 0.107. The molecule has 2 saturated heterocycles. The lowest BCUT2D eigenvalue weighted by atomic mass is 9.95. The minimum Gasteiger partial charge on any atom is -0.508 e. The number of fused-ring (bicyclic) bond motifs is 1. The van der Waals surface area contributed by atoms with Crippen molar-refractivity contribution < 1.29 is 23.4 Å². The number of ether oxygens (including phenoxy) is 2. The van der Waals surface area contributed by atoms with Gasteiger partial charge in [-0.1, -0.05) is 17.7 Å². The highest BCUT2D eigenvalue weighted by molar-refractivity contribution is 6.32. The topological polar surface area (TPSA) is 123 Å². The maximum atomic E-state index is 17.0. The summed E-state index contributed by atoms with van der Waals surface area (Å²) in [5, 5.41) is 11.2. The van der Waals surface area contributed by atoms with E-state index in [1.807, 2.05) is 30.9 Å². The molecule has 3 aromatic heterocycles. The number of hydrogen-bond acceptors (Lipinski definition) is 10. The van der Waals surface area contributed by atoms with E-state index in [0.29, 0.717) is 47.1 Å². The normalized spacial score (nSPS) is 24.7. The largest absolute Gasteiger partial charge is 0.508 e. The van der Waals surface area contributed by atoms with Crippen molar-refractivity contribution in [3.8, 4) is 28.9 Å². The smallest absolute Gasteiger partial charge is 0.319 e. The number of pyridine rings is 2. The number of phenolic OH excluding ortho intramolecular Hbond substituents is 1. The first-order valence-electron chi connectivity index (χ1n) is 16.2. The van der Waals surface area contributed by atoms with Gasteiger partial charge in [0.05, 0.1) is 18.1 Å². The number of rotatable bonds is 7. The van der Waals surface area contributed by atoms with Crippen LogP contribution in [-0.4, -0.2) is 74.0 Å². The number of nitrogens with two attached hydrogens (primary N) is 1. The molecule has 0 spiro atoms. The number of anilines is 2. The average Bonchev–Trinajstić information content (AvgIpc) is 3.74. The van der Waals surface area contributed by atoms with Crippen molar-refractivity contribution in [2.45, 2.75) is 75.7 Å². The highest BCUT2D eigenvalue weighted by atomic mass is 35.5. The van der Waals surface area contributed by atoms with Crippen LogP contribution in [0, 0.1) is 5.82 Å². The Bertz CT molecular complexity index is 1900. The number of nitrogen functional groups attached to an aromatic ring is 1. The Morgan fingerprint density at radius 2 is 2.06 bits per heavy atom. The summed E-state index contributed by atoms with van der Waals surface area (Å²) in [4.78, 5) is 22.7. The molecule has 4 atom stereocenters. The summed E-state index contributed by atoms with van der Waals surface area (Å²) in [6.45, 7) is 5.61. The van der Waals surface area contributed by atoms with E-state index >= 15 is 4.39 Å². The molecule has 1 aliphatic carbocycles. The third-order valence-electron chi connectivity index (χ3n) is 10.1. The first kappa shape index (κ1) is 30.3. The number of halogens is 3. The van der Waals surface area contributed by atoms with Crippen LogP contribution >= 0.6 is 11.6 Å². The summed E-state index contributed by atoms with van der Waals surface area (Å²) in [5.74, 6) is 0.241. The quantitative estimate of drug-likeness (QED) is 0.231. The fourth-order valence-corrected chi connectivity index (χ4v) is 8.13. The molecular formula is C34H36ClF2N7O3. The second kappa shape index (κ2) is 11.3. The molecule has 13 heteroatoms. The van der Waals surface area contributed by atoms with Crippen molar-refractivity contribution in [3.05, 3.63) is 52.4 Å². The first-order valence-corrected chi connectivity index (χ1v) is 16.6. The second-order valence-electron chi connectivity index (χ2n) is 13.4. The zero-order valence-electron chi connectivity index (χ0n) is 26.2. The summed E-state index contributed by atoms with van der Waals surface area (Å²) in [6.07, 6.45) is 4.24. The van der Waals surface area contributed by atoms with Crippen LogP contribution in [0.1, 0.15) is 69.0 Å². The summed E-state index contributed by atoms with van der Waals surface area (Å²) < 4.78 is 44.3. The van der Waals surface area contributed by atoms with Crippen molar-refractivity contribution in [3.63, 3.8) is 0 Å². The molecular weight excluding hydrogens is 628 g/mol. The van der Waals surface area contributed by atoms with Crippen LogP contribution in [0.5, 0.6) is 17.6 Å². The summed E-state index contributed by atoms with van der Waals surface area (Å²) in [7, 11) is 0. The van der Waals surface area contributed by atoms with E-state index in [1.54, 1.807) is 6.20 Å². The van der Waals surface area contributed by atoms with Crippen LogP contribution in [0.2, 0.25) is 5.02 Å². The van der Waals surface area contributed by atoms with Crippen LogP contribution in [0.4, 0.5) is 20.4 Å². The molecule has 6 heterocycles. The van der Waals surface area contributed by atoms with E-state index in [-0.39, 0.29) is 47.4 Å². The fourth-order valence-electron chi connectivity index (χ4n) is 7.76. The van der Waals surface area contributed by atoms with E-state index in [0.717, 1.165) is 43.4 Å². The number of alkyl halides is 1. The third-order valence-corrected chi connectivity index (χ3v) is 10.4. The average molecular weight is 664 g/mol. The molecule has 3 fully saturated rings. The van der Waals surface area contributed by atoms with Gasteiger partial charge in [-0.3, -0.25) is 4.90 Å². The molecule has 0 bridgehead atoms. The van der Waals surface area contributed by atoms with Gasteiger partial charge in [-0.05, 0) is 75.8 Å². The molecule has 10 nitrogen and oxygen atoms in total. The molecule has 47 heavy (non-hydrogen) atoms. The number of benzene rings is 1. The van der Waals surface area contributed by atoms with Gasteiger partial charge >= 0.3 is 6.01 Å². The second-order valence-corrected chi connectivity index (χ2v) is 13.8. The number of aromatic nitrogens is 4. The minimum absolute atomic E-state index is 0.0235. The number of hydrogen-bond donors (Lipinski definition) is 2. The van der Waals surface area contributed by atoms with Crippen molar-refractivity contribution in [1.82, 2.24) is 24.8 Å². The van der Waals surface area contributed by atoms with Gasteiger partial charge in [-0.15, -0.1) is 0 Å². The Kier molecular flexibility index (Phi) is 7.29. The molecule has 1 aromatic carbocycles. The van der Waals surface area contributed by atoms with Crippen LogP contribution in [0.25, 0.3) is 22.2 Å². The van der Waals surface area contributed by atoms with E-state index in [4.69, 9.17) is 36.8 Å². The van der Waals surface area contributed by atoms with Crippen LogP contribution in [0.3, 0.4) is 0 Å². The van der Waals surface area contributed by atoms with Gasteiger partial charge in [-0.2, -0.15) is 9.97 Å². The Morgan fingerprint density at radius 1 is 1.23 bits per heavy atom. The monoisotopic (exact) mass is 663 g/mol. The summed E-state index contributed by atoms with van der Waals surface area (Å²) in [6, 6.07) is 6.30. The zero-order chi connectivity index (χ0) is 32.6. The maximum absolute atomic E-state index is 17.0. The molecule has 3 aliphatic heterocycles. The maximum Gasteiger partial charge on any atom is 0.319 e. The molecule has 0 radical (unpaired) electrons. The lowest BCUT2D eigenvalue weighted by Gasteiger charge is -2.32. The number of nitrogens with zero attached hydrogens (tertiary/aromatic N) is 6. The third kappa shape index (κ3) is 5.16. The highest BCUT2D eigenvalue weighted by Crippen LogP contribution is 2.51. The first-order chi connectivity index (χ1) is 22.6. The van der Waals surface area contributed by atoms with Crippen molar-refractivity contribution in [1.29, 1.82) is 0 Å². The summed E-state index contributed by atoms with van der Waals surface area (Å²) in [5.41, 5.74) is 7.70. The molecule has 3 N–H and O–H groups in total. The van der Waals surface area contributed by atoms with Gasteiger partial charge < -0.3 is 25.2 Å². The highest BCUT2D eigenvalue weighted by Gasteiger charge is 2.49. The molecule has 4 aromatic rings. The number of phenols is 1. The van der Waals surface area contributed by atoms with Gasteiger partial charge in [0.2, 0.25) is 5.88 Å². The van der Waals surface area contributed by atoms with E-state index < -0.39 is 23.6 Å². The molecule has 8 rings (SSSR count). The SMILES string of the molecule is CC(c1cccnc1N)N1C[C@H](C)Oc2nc(-c3cc(O)cc(Cl)c3C3CC3)c(F)c3nc(OC[C@@]45CCCN4C[C@H](F)C5)nc1c23. The molecule has 4 aliphatic rings.